The van der Waals surface area contributed by atoms with Gasteiger partial charge in [-0.1, -0.05) is 6.92 Å². The van der Waals surface area contributed by atoms with E-state index >= 15 is 0 Å². The first-order valence-electron chi connectivity index (χ1n) is 6.49. The van der Waals surface area contributed by atoms with Crippen molar-refractivity contribution in [1.82, 2.24) is 4.90 Å². The Morgan fingerprint density at radius 3 is 2.44 bits per heavy atom. The highest BCUT2D eigenvalue weighted by molar-refractivity contribution is 5.79. The summed E-state index contributed by atoms with van der Waals surface area (Å²) in [6.45, 7) is 5.35. The molecule has 2 rings (SSSR count). The van der Waals surface area contributed by atoms with Gasteiger partial charge in [-0.25, -0.2) is 0 Å². The molecular weight excluding hydrogens is 202 g/mol. The number of carbonyl (C=O) groups is 1. The molecule has 1 amide bonds. The monoisotopic (exact) mass is 225 g/mol. The highest BCUT2D eigenvalue weighted by Crippen LogP contribution is 2.31. The molecule has 1 aliphatic heterocycles. The van der Waals surface area contributed by atoms with Gasteiger partial charge < -0.3 is 10.0 Å². The smallest absolute Gasteiger partial charge is 0.225 e. The number of rotatable bonds is 1. The number of β-amino-alcohol motifs (C(OH)–C–C–N with tert-alkyl or cyclic N) is 1. The van der Waals surface area contributed by atoms with E-state index in [0.29, 0.717) is 6.54 Å². The fraction of sp³-hybridized carbons (Fsp3) is 0.923. The van der Waals surface area contributed by atoms with Crippen molar-refractivity contribution < 1.29 is 9.90 Å². The second-order valence-corrected chi connectivity index (χ2v) is 5.96. The number of likely N-dealkylation sites (tertiary alicyclic amines) is 1. The van der Waals surface area contributed by atoms with Crippen LogP contribution in [-0.4, -0.2) is 34.6 Å². The van der Waals surface area contributed by atoms with E-state index in [1.54, 1.807) is 0 Å². The van der Waals surface area contributed by atoms with Crippen molar-refractivity contribution in [2.75, 3.05) is 13.1 Å². The molecule has 1 aliphatic carbocycles. The first-order valence-corrected chi connectivity index (χ1v) is 6.49. The van der Waals surface area contributed by atoms with Crippen molar-refractivity contribution in [2.45, 2.75) is 51.6 Å². The fourth-order valence-electron chi connectivity index (χ4n) is 2.90. The number of aliphatic hydroxyl groups is 1. The third kappa shape index (κ3) is 2.57. The van der Waals surface area contributed by atoms with Gasteiger partial charge in [0.05, 0.1) is 5.60 Å². The third-order valence-electron chi connectivity index (χ3n) is 4.13. The molecule has 92 valence electrons. The summed E-state index contributed by atoms with van der Waals surface area (Å²) in [6.07, 6.45) is 5.17. The summed E-state index contributed by atoms with van der Waals surface area (Å²) in [5, 5.41) is 9.86. The zero-order valence-electron chi connectivity index (χ0n) is 10.4. The molecule has 3 heteroatoms. The molecule has 0 radical (unpaired) electrons. The topological polar surface area (TPSA) is 40.5 Å². The maximum Gasteiger partial charge on any atom is 0.225 e. The number of nitrogens with zero attached hydrogens (tertiary/aromatic N) is 1. The highest BCUT2D eigenvalue weighted by Gasteiger charge is 2.37. The van der Waals surface area contributed by atoms with E-state index in [9.17, 15) is 9.90 Å². The number of hydrogen-bond donors (Lipinski definition) is 1. The average Bonchev–Trinajstić information content (AvgIpc) is 2.59. The quantitative estimate of drug-likeness (QED) is 0.739. The Labute approximate surface area is 97.8 Å². The third-order valence-corrected chi connectivity index (χ3v) is 4.13. The van der Waals surface area contributed by atoms with E-state index in [0.717, 1.165) is 31.7 Å². The molecule has 1 saturated carbocycles. The summed E-state index contributed by atoms with van der Waals surface area (Å²) in [7, 11) is 0. The van der Waals surface area contributed by atoms with E-state index in [1.165, 1.54) is 12.8 Å². The lowest BCUT2D eigenvalue weighted by atomic mass is 9.82. The summed E-state index contributed by atoms with van der Waals surface area (Å²) in [5.74, 6) is 1.29. The minimum absolute atomic E-state index is 0.227. The molecule has 0 aromatic carbocycles. The van der Waals surface area contributed by atoms with Crippen LogP contribution < -0.4 is 0 Å². The fourth-order valence-corrected chi connectivity index (χ4v) is 2.90. The van der Waals surface area contributed by atoms with E-state index in [2.05, 4.69) is 6.92 Å². The van der Waals surface area contributed by atoms with Crippen LogP contribution in [0.2, 0.25) is 0 Å². The summed E-state index contributed by atoms with van der Waals surface area (Å²) < 4.78 is 0. The van der Waals surface area contributed by atoms with Crippen molar-refractivity contribution in [2.24, 2.45) is 11.8 Å². The molecule has 2 fully saturated rings. The Morgan fingerprint density at radius 1 is 1.31 bits per heavy atom. The van der Waals surface area contributed by atoms with Crippen LogP contribution in [0.15, 0.2) is 0 Å². The maximum atomic E-state index is 12.2. The zero-order valence-corrected chi connectivity index (χ0v) is 10.4. The van der Waals surface area contributed by atoms with E-state index in [4.69, 9.17) is 0 Å². The SMILES string of the molecule is CC1CCC(C(=O)N2CCC(C)(O)C2)CC1. The van der Waals surface area contributed by atoms with Gasteiger partial charge in [0.15, 0.2) is 0 Å². The summed E-state index contributed by atoms with van der Waals surface area (Å²) in [6, 6.07) is 0. The Morgan fingerprint density at radius 2 is 1.94 bits per heavy atom. The molecule has 0 aromatic rings. The Hall–Kier alpha value is -0.570. The Kier molecular flexibility index (Phi) is 3.24. The lowest BCUT2D eigenvalue weighted by molar-refractivity contribution is -0.136. The second-order valence-electron chi connectivity index (χ2n) is 5.96. The first-order chi connectivity index (χ1) is 7.48. The zero-order chi connectivity index (χ0) is 11.8. The van der Waals surface area contributed by atoms with Crippen LogP contribution in [0.3, 0.4) is 0 Å². The lowest BCUT2D eigenvalue weighted by Gasteiger charge is -2.29. The first kappa shape index (κ1) is 11.9. The van der Waals surface area contributed by atoms with Gasteiger partial charge in [0, 0.05) is 19.0 Å². The van der Waals surface area contributed by atoms with Crippen molar-refractivity contribution in [3.8, 4) is 0 Å². The molecule has 1 heterocycles. The minimum atomic E-state index is -0.655. The van der Waals surface area contributed by atoms with Crippen LogP contribution in [0.25, 0.3) is 0 Å². The van der Waals surface area contributed by atoms with Crippen LogP contribution in [0.4, 0.5) is 0 Å². The van der Waals surface area contributed by atoms with Gasteiger partial charge in [0.25, 0.3) is 0 Å². The molecular formula is C13H23NO2. The number of carbonyl (C=O) groups excluding carboxylic acids is 1. The van der Waals surface area contributed by atoms with E-state index in [1.807, 2.05) is 11.8 Å². The Bertz CT molecular complexity index is 267. The molecule has 1 N–H and O–H groups in total. The summed E-state index contributed by atoms with van der Waals surface area (Å²) in [4.78, 5) is 14.1. The highest BCUT2D eigenvalue weighted by atomic mass is 16.3. The molecule has 3 nitrogen and oxygen atoms in total. The molecule has 2 aliphatic rings. The predicted molar refractivity (Wildman–Crippen MR) is 62.9 cm³/mol. The predicted octanol–water partition coefficient (Wildman–Crippen LogP) is 1.80. The van der Waals surface area contributed by atoms with E-state index < -0.39 is 5.60 Å². The minimum Gasteiger partial charge on any atom is -0.388 e. The van der Waals surface area contributed by atoms with Gasteiger partial charge in [0.1, 0.15) is 0 Å². The lowest BCUT2D eigenvalue weighted by Crippen LogP contribution is -2.38. The molecule has 0 aromatic heterocycles. The van der Waals surface area contributed by atoms with Gasteiger partial charge >= 0.3 is 0 Å². The standard InChI is InChI=1S/C13H23NO2/c1-10-3-5-11(6-4-10)12(15)14-8-7-13(2,16)9-14/h10-11,16H,3-9H2,1-2H3. The molecule has 1 atom stereocenters. The van der Waals surface area contributed by atoms with Crippen LogP contribution >= 0.6 is 0 Å². The number of hydrogen-bond acceptors (Lipinski definition) is 2. The van der Waals surface area contributed by atoms with Crippen molar-refractivity contribution >= 4 is 5.91 Å². The van der Waals surface area contributed by atoms with Gasteiger partial charge in [-0.2, -0.15) is 0 Å². The van der Waals surface area contributed by atoms with E-state index in [-0.39, 0.29) is 11.8 Å². The second kappa shape index (κ2) is 4.36. The van der Waals surface area contributed by atoms with Gasteiger partial charge in [-0.15, -0.1) is 0 Å². The summed E-state index contributed by atoms with van der Waals surface area (Å²) in [5.41, 5.74) is -0.655. The van der Waals surface area contributed by atoms with Crippen molar-refractivity contribution in [3.63, 3.8) is 0 Å². The van der Waals surface area contributed by atoms with Crippen LogP contribution in [0, 0.1) is 11.8 Å². The maximum absolute atomic E-state index is 12.2. The molecule has 0 spiro atoms. The van der Waals surface area contributed by atoms with Crippen LogP contribution in [0.5, 0.6) is 0 Å². The van der Waals surface area contributed by atoms with Gasteiger partial charge in [-0.05, 0) is 44.9 Å². The molecule has 1 unspecified atom stereocenters. The van der Waals surface area contributed by atoms with Crippen molar-refractivity contribution in [3.05, 3.63) is 0 Å². The van der Waals surface area contributed by atoms with Crippen LogP contribution in [-0.2, 0) is 4.79 Å². The van der Waals surface area contributed by atoms with Crippen molar-refractivity contribution in [1.29, 1.82) is 0 Å². The Balaban J connectivity index is 1.89. The van der Waals surface area contributed by atoms with Crippen LogP contribution in [0.1, 0.15) is 46.0 Å². The van der Waals surface area contributed by atoms with Gasteiger partial charge in [-0.3, -0.25) is 4.79 Å². The molecule has 0 bridgehead atoms. The largest absolute Gasteiger partial charge is 0.388 e. The average molecular weight is 225 g/mol. The number of amides is 1. The molecule has 16 heavy (non-hydrogen) atoms. The summed E-state index contributed by atoms with van der Waals surface area (Å²) >= 11 is 0. The van der Waals surface area contributed by atoms with Gasteiger partial charge in [0.2, 0.25) is 5.91 Å². The molecule has 1 saturated heterocycles. The normalized spacial score (nSPS) is 40.1.